The van der Waals surface area contributed by atoms with Crippen LogP contribution < -0.4 is 20.2 Å². The Morgan fingerprint density at radius 2 is 2.22 bits per heavy atom. The Hall–Kier alpha value is -1.90. The number of ether oxygens (including phenoxy) is 3. The average molecular weight is 393 g/mol. The van der Waals surface area contributed by atoms with Gasteiger partial charge in [-0.1, -0.05) is 0 Å². The third kappa shape index (κ3) is 5.79. The quantitative estimate of drug-likeness (QED) is 0.414. The van der Waals surface area contributed by atoms with Gasteiger partial charge < -0.3 is 19.5 Å². The number of hydrazone groups is 1. The van der Waals surface area contributed by atoms with Gasteiger partial charge in [0, 0.05) is 43.7 Å². The molecule has 0 amide bonds. The summed E-state index contributed by atoms with van der Waals surface area (Å²) in [6.07, 6.45) is 2.82. The number of nitrogens with one attached hydrogen (secondary N) is 2. The molecule has 0 saturated carbocycles. The normalized spacial score (nSPS) is 19.6. The molecule has 27 heavy (non-hydrogen) atoms. The molecule has 7 nitrogen and oxygen atoms in total. The Balaban J connectivity index is 1.49. The van der Waals surface area contributed by atoms with Gasteiger partial charge in [-0.3, -0.25) is 10.3 Å². The van der Waals surface area contributed by atoms with Gasteiger partial charge in [0.2, 0.25) is 0 Å². The molecular weight excluding hydrogens is 364 g/mol. The van der Waals surface area contributed by atoms with E-state index in [0.29, 0.717) is 11.7 Å². The van der Waals surface area contributed by atoms with Crippen LogP contribution in [-0.4, -0.2) is 68.3 Å². The number of rotatable bonds is 7. The summed E-state index contributed by atoms with van der Waals surface area (Å²) in [5.41, 5.74) is 4.91. The lowest BCUT2D eigenvalue weighted by Crippen LogP contribution is -2.42. The van der Waals surface area contributed by atoms with Crippen molar-refractivity contribution in [2.75, 3.05) is 46.0 Å². The van der Waals surface area contributed by atoms with Crippen LogP contribution in [-0.2, 0) is 11.2 Å². The maximum absolute atomic E-state index is 5.83. The lowest BCUT2D eigenvalue weighted by atomic mass is 10.1. The van der Waals surface area contributed by atoms with E-state index in [0.717, 1.165) is 62.9 Å². The number of morpholine rings is 1. The van der Waals surface area contributed by atoms with Crippen LogP contribution >= 0.6 is 12.2 Å². The van der Waals surface area contributed by atoms with Crippen molar-refractivity contribution in [3.8, 4) is 11.5 Å². The van der Waals surface area contributed by atoms with Crippen molar-refractivity contribution in [1.29, 1.82) is 0 Å². The molecule has 0 unspecified atom stereocenters. The summed E-state index contributed by atoms with van der Waals surface area (Å²) >= 11 is 5.28. The summed E-state index contributed by atoms with van der Waals surface area (Å²) in [6.45, 7) is 9.90. The van der Waals surface area contributed by atoms with E-state index >= 15 is 0 Å². The molecule has 2 heterocycles. The molecule has 0 spiro atoms. The van der Waals surface area contributed by atoms with Crippen molar-refractivity contribution in [3.05, 3.63) is 23.3 Å². The molecule has 1 aromatic carbocycles. The molecule has 2 aliphatic heterocycles. The third-order valence-corrected chi connectivity index (χ3v) is 4.75. The molecule has 8 heteroatoms. The van der Waals surface area contributed by atoms with Gasteiger partial charge in [-0.25, -0.2) is 0 Å². The third-order valence-electron chi connectivity index (χ3n) is 4.52. The highest BCUT2D eigenvalue weighted by atomic mass is 32.1. The van der Waals surface area contributed by atoms with Crippen molar-refractivity contribution in [2.24, 2.45) is 5.10 Å². The number of hydrogen-bond acceptors (Lipinski definition) is 6. The summed E-state index contributed by atoms with van der Waals surface area (Å²) in [5.74, 6) is 1.71. The molecule has 1 fully saturated rings. The number of benzene rings is 1. The van der Waals surface area contributed by atoms with E-state index in [1.807, 2.05) is 19.1 Å². The van der Waals surface area contributed by atoms with Crippen LogP contribution in [0.5, 0.6) is 11.5 Å². The second-order valence-corrected chi connectivity index (χ2v) is 7.05. The monoisotopic (exact) mass is 392 g/mol. The van der Waals surface area contributed by atoms with Crippen LogP contribution in [0.25, 0.3) is 0 Å². The van der Waals surface area contributed by atoms with E-state index in [1.54, 1.807) is 6.21 Å². The zero-order valence-electron chi connectivity index (χ0n) is 16.0. The standard InChI is InChI=1S/C19H28N4O3S/c1-3-25-17-11-15-10-14(2)26-18(15)12-16(17)13-21-22-19(27)20-4-5-23-6-8-24-9-7-23/h11-14H,3-10H2,1-2H3,(H2,20,22,27)/b21-13-/t14-/m1/s1. The van der Waals surface area contributed by atoms with Gasteiger partial charge in [0.15, 0.2) is 5.11 Å². The minimum atomic E-state index is 0.197. The summed E-state index contributed by atoms with van der Waals surface area (Å²) in [7, 11) is 0. The molecule has 1 aromatic rings. The zero-order chi connectivity index (χ0) is 19.1. The summed E-state index contributed by atoms with van der Waals surface area (Å²) in [4.78, 5) is 2.35. The molecular formula is C19H28N4O3S. The average Bonchev–Trinajstić information content (AvgIpc) is 3.02. The maximum Gasteiger partial charge on any atom is 0.187 e. The molecule has 148 valence electrons. The van der Waals surface area contributed by atoms with Crippen LogP contribution in [0.2, 0.25) is 0 Å². The lowest BCUT2D eigenvalue weighted by molar-refractivity contribution is 0.0389. The first kappa shape index (κ1) is 19.9. The second kappa shape index (κ2) is 9.87. The SMILES string of the molecule is CCOc1cc2c(cc1/C=N\NC(=S)NCCN1CCOCC1)O[C@H](C)C2. The number of thiocarbonyl (C=S) groups is 1. The summed E-state index contributed by atoms with van der Waals surface area (Å²) in [5, 5.41) is 7.92. The molecule has 0 bridgehead atoms. The van der Waals surface area contributed by atoms with Crippen LogP contribution in [0.3, 0.4) is 0 Å². The Kier molecular flexibility index (Phi) is 7.25. The molecule has 1 atom stereocenters. The van der Waals surface area contributed by atoms with E-state index in [-0.39, 0.29) is 6.10 Å². The Labute approximate surface area is 166 Å². The van der Waals surface area contributed by atoms with E-state index < -0.39 is 0 Å². The molecule has 1 saturated heterocycles. The Bertz CT molecular complexity index is 677. The van der Waals surface area contributed by atoms with Crippen molar-refractivity contribution in [2.45, 2.75) is 26.4 Å². The van der Waals surface area contributed by atoms with Gasteiger partial charge in [0.1, 0.15) is 17.6 Å². The van der Waals surface area contributed by atoms with Crippen molar-refractivity contribution in [3.63, 3.8) is 0 Å². The lowest BCUT2D eigenvalue weighted by Gasteiger charge is -2.26. The minimum absolute atomic E-state index is 0.197. The van der Waals surface area contributed by atoms with Crippen LogP contribution in [0, 0.1) is 0 Å². The maximum atomic E-state index is 5.83. The molecule has 0 aromatic heterocycles. The minimum Gasteiger partial charge on any atom is -0.493 e. The molecule has 2 aliphatic rings. The van der Waals surface area contributed by atoms with Crippen molar-refractivity contribution >= 4 is 23.5 Å². The second-order valence-electron chi connectivity index (χ2n) is 6.64. The first-order chi connectivity index (χ1) is 13.2. The predicted molar refractivity (Wildman–Crippen MR) is 110 cm³/mol. The van der Waals surface area contributed by atoms with Crippen molar-refractivity contribution < 1.29 is 14.2 Å². The largest absolute Gasteiger partial charge is 0.493 e. The highest BCUT2D eigenvalue weighted by Crippen LogP contribution is 2.34. The van der Waals surface area contributed by atoms with Gasteiger partial charge in [-0.2, -0.15) is 5.10 Å². The zero-order valence-corrected chi connectivity index (χ0v) is 16.8. The Morgan fingerprint density at radius 1 is 1.41 bits per heavy atom. The predicted octanol–water partition coefficient (Wildman–Crippen LogP) is 1.54. The summed E-state index contributed by atoms with van der Waals surface area (Å²) < 4.78 is 16.9. The van der Waals surface area contributed by atoms with E-state index in [2.05, 4.69) is 27.7 Å². The highest BCUT2D eigenvalue weighted by molar-refractivity contribution is 7.80. The van der Waals surface area contributed by atoms with Crippen molar-refractivity contribution in [1.82, 2.24) is 15.6 Å². The fourth-order valence-electron chi connectivity index (χ4n) is 3.19. The topological polar surface area (TPSA) is 67.4 Å². The van der Waals surface area contributed by atoms with Gasteiger partial charge in [-0.05, 0) is 38.2 Å². The van der Waals surface area contributed by atoms with E-state index in [4.69, 9.17) is 26.4 Å². The highest BCUT2D eigenvalue weighted by Gasteiger charge is 2.21. The number of fused-ring (bicyclic) bond motifs is 1. The van der Waals surface area contributed by atoms with Crippen LogP contribution in [0.1, 0.15) is 25.0 Å². The fourth-order valence-corrected chi connectivity index (χ4v) is 3.34. The summed E-state index contributed by atoms with van der Waals surface area (Å²) in [6, 6.07) is 4.02. The molecule has 3 rings (SSSR count). The number of hydrogen-bond donors (Lipinski definition) is 2. The molecule has 0 aliphatic carbocycles. The first-order valence-electron chi connectivity index (χ1n) is 9.49. The van der Waals surface area contributed by atoms with E-state index in [1.165, 1.54) is 5.56 Å². The Morgan fingerprint density at radius 3 is 3.00 bits per heavy atom. The van der Waals surface area contributed by atoms with Gasteiger partial charge in [0.05, 0.1) is 26.0 Å². The first-order valence-corrected chi connectivity index (χ1v) is 9.90. The number of nitrogens with zero attached hydrogens (tertiary/aromatic N) is 2. The van der Waals surface area contributed by atoms with Gasteiger partial charge in [-0.15, -0.1) is 0 Å². The van der Waals surface area contributed by atoms with Crippen LogP contribution in [0.4, 0.5) is 0 Å². The van der Waals surface area contributed by atoms with Gasteiger partial charge >= 0.3 is 0 Å². The fraction of sp³-hybridized carbons (Fsp3) is 0.579. The van der Waals surface area contributed by atoms with Gasteiger partial charge in [0.25, 0.3) is 0 Å². The molecule has 2 N–H and O–H groups in total. The van der Waals surface area contributed by atoms with E-state index in [9.17, 15) is 0 Å². The van der Waals surface area contributed by atoms with Crippen LogP contribution in [0.15, 0.2) is 17.2 Å². The molecule has 0 radical (unpaired) electrons. The smallest absolute Gasteiger partial charge is 0.187 e.